The molecule has 218 valence electrons. The number of hydrogen-bond acceptors (Lipinski definition) is 7. The zero-order valence-corrected chi connectivity index (χ0v) is 24.8. The van der Waals surface area contributed by atoms with E-state index in [-0.39, 0.29) is 17.2 Å². The van der Waals surface area contributed by atoms with Gasteiger partial charge in [0.15, 0.2) is 0 Å². The average Bonchev–Trinajstić information content (AvgIpc) is 2.94. The predicted octanol–water partition coefficient (Wildman–Crippen LogP) is 4.41. The summed E-state index contributed by atoms with van der Waals surface area (Å²) in [4.78, 5) is 34.9. The zero-order valence-electron chi connectivity index (χ0n) is 24.8. The van der Waals surface area contributed by atoms with E-state index in [0.717, 1.165) is 43.1 Å². The van der Waals surface area contributed by atoms with Crippen LogP contribution in [0.1, 0.15) is 45.7 Å². The van der Waals surface area contributed by atoms with Crippen molar-refractivity contribution in [2.24, 2.45) is 5.41 Å². The molecule has 1 aromatic heterocycles. The monoisotopic (exact) mass is 558 g/mol. The number of benzene rings is 2. The van der Waals surface area contributed by atoms with Gasteiger partial charge >= 0.3 is 0 Å². The van der Waals surface area contributed by atoms with E-state index in [1.54, 1.807) is 24.4 Å². The Morgan fingerprint density at radius 3 is 2.46 bits per heavy atom. The third-order valence-corrected chi connectivity index (χ3v) is 6.95. The van der Waals surface area contributed by atoms with Crippen molar-refractivity contribution in [1.29, 1.82) is 0 Å². The number of amides is 2. The molecule has 1 fully saturated rings. The van der Waals surface area contributed by atoms with Gasteiger partial charge in [0.05, 0.1) is 13.2 Å². The molecule has 1 aliphatic rings. The van der Waals surface area contributed by atoms with Crippen LogP contribution in [0.3, 0.4) is 0 Å². The Hall–Kier alpha value is -3.79. The molecule has 3 N–H and O–H groups in total. The number of nitrogens with zero attached hydrogens (tertiary/aromatic N) is 3. The van der Waals surface area contributed by atoms with Gasteiger partial charge in [-0.2, -0.15) is 0 Å². The highest BCUT2D eigenvalue weighted by molar-refractivity contribution is 6.07. The Labute approximate surface area is 243 Å². The Kier molecular flexibility index (Phi) is 10.1. The molecule has 0 spiro atoms. The zero-order chi connectivity index (χ0) is 29.4. The molecule has 9 nitrogen and oxygen atoms in total. The Balaban J connectivity index is 1.38. The fraction of sp³-hybridized carbons (Fsp3) is 0.406. The third kappa shape index (κ3) is 8.85. The van der Waals surface area contributed by atoms with E-state index in [1.165, 1.54) is 0 Å². The third-order valence-electron chi connectivity index (χ3n) is 6.95. The van der Waals surface area contributed by atoms with E-state index in [4.69, 9.17) is 4.74 Å². The van der Waals surface area contributed by atoms with Crippen LogP contribution in [0.25, 0.3) is 0 Å². The first kappa shape index (κ1) is 30.2. The van der Waals surface area contributed by atoms with Gasteiger partial charge in [-0.3, -0.25) is 9.59 Å². The molecular formula is C32H42N6O3. The second kappa shape index (κ2) is 13.7. The predicted molar refractivity (Wildman–Crippen MR) is 165 cm³/mol. The summed E-state index contributed by atoms with van der Waals surface area (Å²) in [5, 5.41) is 9.49. The van der Waals surface area contributed by atoms with Crippen LogP contribution in [-0.4, -0.2) is 75.2 Å². The number of carbonyl (C=O) groups excluding carboxylic acids is 2. The summed E-state index contributed by atoms with van der Waals surface area (Å²) >= 11 is 0. The number of rotatable bonds is 11. The lowest BCUT2D eigenvalue weighted by atomic mass is 9.93. The summed E-state index contributed by atoms with van der Waals surface area (Å²) in [7, 11) is 4.16. The lowest BCUT2D eigenvalue weighted by molar-refractivity contribution is 0.101. The molecule has 0 radical (unpaired) electrons. The molecule has 0 atom stereocenters. The van der Waals surface area contributed by atoms with Crippen molar-refractivity contribution >= 4 is 29.0 Å². The molecular weight excluding hydrogens is 516 g/mol. The van der Waals surface area contributed by atoms with Crippen LogP contribution in [0.4, 0.5) is 17.2 Å². The van der Waals surface area contributed by atoms with Gasteiger partial charge in [0, 0.05) is 61.4 Å². The minimum Gasteiger partial charge on any atom is -0.378 e. The van der Waals surface area contributed by atoms with E-state index >= 15 is 0 Å². The number of ether oxygens (including phenoxy) is 1. The lowest BCUT2D eigenvalue weighted by Crippen LogP contribution is -2.37. The minimum absolute atomic E-state index is 0.138. The van der Waals surface area contributed by atoms with E-state index in [9.17, 15) is 9.59 Å². The van der Waals surface area contributed by atoms with E-state index in [2.05, 4.69) is 58.7 Å². The highest BCUT2D eigenvalue weighted by atomic mass is 16.5. The van der Waals surface area contributed by atoms with Crippen molar-refractivity contribution in [2.45, 2.75) is 27.3 Å². The van der Waals surface area contributed by atoms with Crippen molar-refractivity contribution in [3.8, 4) is 0 Å². The summed E-state index contributed by atoms with van der Waals surface area (Å²) in [6.07, 6.45) is 1.65. The number of morpholine rings is 1. The minimum atomic E-state index is -0.239. The van der Waals surface area contributed by atoms with Gasteiger partial charge in [-0.15, -0.1) is 0 Å². The number of hydrogen-bond donors (Lipinski definition) is 3. The summed E-state index contributed by atoms with van der Waals surface area (Å²) in [6, 6.07) is 16.6. The van der Waals surface area contributed by atoms with Gasteiger partial charge in [-0.1, -0.05) is 32.0 Å². The smallest absolute Gasteiger partial charge is 0.255 e. The largest absolute Gasteiger partial charge is 0.378 e. The first-order valence-electron chi connectivity index (χ1n) is 14.1. The van der Waals surface area contributed by atoms with Gasteiger partial charge in [0.25, 0.3) is 11.8 Å². The van der Waals surface area contributed by atoms with Crippen LogP contribution in [0, 0.1) is 12.3 Å². The van der Waals surface area contributed by atoms with E-state index in [0.29, 0.717) is 42.3 Å². The summed E-state index contributed by atoms with van der Waals surface area (Å²) in [6.45, 7) is 11.7. The van der Waals surface area contributed by atoms with Crippen LogP contribution >= 0.6 is 0 Å². The number of pyridine rings is 1. The lowest BCUT2D eigenvalue weighted by Gasteiger charge is -2.28. The molecule has 4 rings (SSSR count). The molecule has 2 heterocycles. The quantitative estimate of drug-likeness (QED) is 0.321. The molecule has 1 aliphatic heterocycles. The normalized spacial score (nSPS) is 13.8. The van der Waals surface area contributed by atoms with Gasteiger partial charge in [-0.25, -0.2) is 4.98 Å². The molecule has 9 heteroatoms. The molecule has 0 aliphatic carbocycles. The SMILES string of the molecule is Cc1ccc(NC(=O)c2ccnc(N3CCOCC3)c2)cc1NC(=O)c1cccc(CNCC(C)(C)CN(C)C)c1. The Bertz CT molecular complexity index is 1350. The number of anilines is 3. The molecule has 0 unspecified atom stereocenters. The van der Waals surface area contributed by atoms with Gasteiger partial charge in [0.1, 0.15) is 5.82 Å². The van der Waals surface area contributed by atoms with Crippen molar-refractivity contribution in [1.82, 2.24) is 15.2 Å². The number of nitrogens with one attached hydrogen (secondary N) is 3. The average molecular weight is 559 g/mol. The Morgan fingerprint density at radius 1 is 0.976 bits per heavy atom. The topological polar surface area (TPSA) is 98.8 Å². The molecule has 0 saturated carbocycles. The van der Waals surface area contributed by atoms with Crippen LogP contribution in [0.5, 0.6) is 0 Å². The summed E-state index contributed by atoms with van der Waals surface area (Å²) < 4.78 is 5.41. The number of carbonyl (C=O) groups is 2. The second-order valence-corrected chi connectivity index (χ2v) is 11.6. The van der Waals surface area contributed by atoms with Crippen LogP contribution in [0.2, 0.25) is 0 Å². The molecule has 2 aromatic carbocycles. The second-order valence-electron chi connectivity index (χ2n) is 11.6. The maximum atomic E-state index is 13.2. The molecule has 3 aromatic rings. The van der Waals surface area contributed by atoms with E-state index in [1.807, 2.05) is 43.3 Å². The maximum Gasteiger partial charge on any atom is 0.255 e. The van der Waals surface area contributed by atoms with Crippen LogP contribution < -0.4 is 20.9 Å². The fourth-order valence-corrected chi connectivity index (χ4v) is 5.04. The van der Waals surface area contributed by atoms with Crippen molar-refractivity contribution in [3.05, 3.63) is 83.0 Å². The first-order chi connectivity index (χ1) is 19.6. The highest BCUT2D eigenvalue weighted by Gasteiger charge is 2.19. The number of aromatic nitrogens is 1. The molecule has 2 amide bonds. The standard InChI is InChI=1S/C32H42N6O3/c1-23-9-10-27(35-30(39)26-11-12-34-29(18-26)38-13-15-41-16-14-38)19-28(23)36-31(40)25-8-6-7-24(17-25)20-33-21-32(2,3)22-37(4)5/h6-12,17-19,33H,13-16,20-22H2,1-5H3,(H,35,39)(H,36,40). The van der Waals surface area contributed by atoms with Gasteiger partial charge in [0.2, 0.25) is 0 Å². The molecule has 41 heavy (non-hydrogen) atoms. The van der Waals surface area contributed by atoms with Crippen LogP contribution in [-0.2, 0) is 11.3 Å². The fourth-order valence-electron chi connectivity index (χ4n) is 5.04. The summed E-state index contributed by atoms with van der Waals surface area (Å²) in [5.74, 6) is 0.320. The summed E-state index contributed by atoms with van der Waals surface area (Å²) in [5.41, 5.74) is 4.42. The molecule has 0 bridgehead atoms. The van der Waals surface area contributed by atoms with Crippen LogP contribution in [0.15, 0.2) is 60.8 Å². The van der Waals surface area contributed by atoms with Crippen molar-refractivity contribution in [3.63, 3.8) is 0 Å². The maximum absolute atomic E-state index is 13.2. The Morgan fingerprint density at radius 2 is 1.71 bits per heavy atom. The first-order valence-corrected chi connectivity index (χ1v) is 14.1. The van der Waals surface area contributed by atoms with Gasteiger partial charge in [-0.05, 0) is 74.0 Å². The molecule has 1 saturated heterocycles. The van der Waals surface area contributed by atoms with E-state index < -0.39 is 0 Å². The number of aryl methyl sites for hydroxylation is 1. The van der Waals surface area contributed by atoms with Crippen molar-refractivity contribution in [2.75, 3.05) is 69.0 Å². The highest BCUT2D eigenvalue weighted by Crippen LogP contribution is 2.23. The van der Waals surface area contributed by atoms with Gasteiger partial charge < -0.3 is 30.5 Å². The van der Waals surface area contributed by atoms with Crippen molar-refractivity contribution < 1.29 is 14.3 Å².